The van der Waals surface area contributed by atoms with Gasteiger partial charge in [0.15, 0.2) is 0 Å². The third-order valence-electron chi connectivity index (χ3n) is 7.42. The molecule has 5 nitrogen and oxygen atoms in total. The number of rotatable bonds is 8. The summed E-state index contributed by atoms with van der Waals surface area (Å²) in [5, 5.41) is 15.3. The van der Waals surface area contributed by atoms with E-state index in [0.717, 1.165) is 60.9 Å². The highest BCUT2D eigenvalue weighted by Gasteiger charge is 2.25. The maximum absolute atomic E-state index is 13.2. The Morgan fingerprint density at radius 1 is 1.00 bits per heavy atom. The van der Waals surface area contributed by atoms with Crippen molar-refractivity contribution in [2.75, 3.05) is 19.6 Å². The summed E-state index contributed by atoms with van der Waals surface area (Å²) in [7, 11) is 0. The Morgan fingerprint density at radius 3 is 2.38 bits per heavy atom. The number of hydrogen-bond acceptors (Lipinski definition) is 3. The molecule has 1 saturated heterocycles. The Hall–Kier alpha value is -3.12. The van der Waals surface area contributed by atoms with Crippen LogP contribution in [0.2, 0.25) is 0 Å². The van der Waals surface area contributed by atoms with Crippen molar-refractivity contribution in [3.05, 3.63) is 107 Å². The zero-order valence-corrected chi connectivity index (χ0v) is 22.1. The van der Waals surface area contributed by atoms with E-state index >= 15 is 0 Å². The van der Waals surface area contributed by atoms with Crippen LogP contribution in [-0.4, -0.2) is 46.6 Å². The highest BCUT2D eigenvalue weighted by Crippen LogP contribution is 2.28. The van der Waals surface area contributed by atoms with Crippen LogP contribution < -0.4 is 5.32 Å². The average Bonchev–Trinajstić information content (AvgIpc) is 3.33. The number of carbonyl (C=O) groups is 1. The topological polar surface area (TPSA) is 68.4 Å². The molecule has 3 N–H and O–H groups in total. The van der Waals surface area contributed by atoms with E-state index in [1.54, 1.807) is 6.20 Å². The van der Waals surface area contributed by atoms with Gasteiger partial charge in [-0.2, -0.15) is 0 Å². The first-order chi connectivity index (χ1) is 17.5. The maximum atomic E-state index is 13.2. The van der Waals surface area contributed by atoms with Gasteiger partial charge in [-0.05, 0) is 55.0 Å². The van der Waals surface area contributed by atoms with Crippen molar-refractivity contribution in [1.29, 1.82) is 0 Å². The summed E-state index contributed by atoms with van der Waals surface area (Å²) in [6.45, 7) is 4.90. The Bertz CT molecular complexity index is 1300. The standard InChI is InChI=1S/C31H35N3O2.ClH/c1-31(36,25-10-6-3-7-11-25)21-24-12-13-29-27(20-24)28(22-32-29)30(35)33-26-15-18-34(19-16-26)17-14-23-8-4-2-5-9-23;/h2-13,20,22,26,32,36H,14-19,21H2,1H3,(H,33,35);1H. The second-order valence-corrected chi connectivity index (χ2v) is 10.2. The molecule has 5 rings (SSSR count). The number of nitrogens with zero attached hydrogens (tertiary/aromatic N) is 1. The fraction of sp³-hybridized carbons (Fsp3) is 0.323. The van der Waals surface area contributed by atoms with Crippen LogP contribution in [0, 0.1) is 0 Å². The smallest absolute Gasteiger partial charge is 0.253 e. The van der Waals surface area contributed by atoms with Gasteiger partial charge in [-0.3, -0.25) is 4.79 Å². The average molecular weight is 518 g/mol. The number of aromatic nitrogens is 1. The van der Waals surface area contributed by atoms with E-state index in [4.69, 9.17) is 0 Å². The molecule has 1 atom stereocenters. The first kappa shape index (κ1) is 26.9. The van der Waals surface area contributed by atoms with Gasteiger partial charge in [0.05, 0.1) is 11.2 Å². The van der Waals surface area contributed by atoms with Crippen LogP contribution in [0.15, 0.2) is 85.1 Å². The lowest BCUT2D eigenvalue weighted by atomic mass is 9.88. The minimum atomic E-state index is -0.984. The van der Waals surface area contributed by atoms with Crippen molar-refractivity contribution < 1.29 is 9.90 Å². The van der Waals surface area contributed by atoms with Gasteiger partial charge in [0.1, 0.15) is 0 Å². The number of piperidine rings is 1. The lowest BCUT2D eigenvalue weighted by molar-refractivity contribution is 0.0576. The summed E-state index contributed by atoms with van der Waals surface area (Å²) in [5.41, 5.74) is 3.86. The van der Waals surface area contributed by atoms with Gasteiger partial charge < -0.3 is 20.3 Å². The van der Waals surface area contributed by atoms with Crippen LogP contribution in [0.4, 0.5) is 0 Å². The molecular weight excluding hydrogens is 482 g/mol. The van der Waals surface area contributed by atoms with E-state index in [-0.39, 0.29) is 24.4 Å². The van der Waals surface area contributed by atoms with E-state index in [1.165, 1.54) is 5.56 Å². The lowest BCUT2D eigenvalue weighted by Gasteiger charge is -2.32. The van der Waals surface area contributed by atoms with Crippen molar-refractivity contribution in [2.24, 2.45) is 0 Å². The Labute approximate surface area is 225 Å². The molecule has 194 valence electrons. The molecule has 0 bridgehead atoms. The van der Waals surface area contributed by atoms with Crippen LogP contribution in [0.5, 0.6) is 0 Å². The highest BCUT2D eigenvalue weighted by molar-refractivity contribution is 6.07. The third-order valence-corrected chi connectivity index (χ3v) is 7.42. The maximum Gasteiger partial charge on any atom is 0.253 e. The second-order valence-electron chi connectivity index (χ2n) is 10.2. The minimum absolute atomic E-state index is 0. The summed E-state index contributed by atoms with van der Waals surface area (Å²) >= 11 is 0. The zero-order chi connectivity index (χ0) is 25.0. The SMILES string of the molecule is CC(O)(Cc1ccc2[nH]cc(C(=O)NC3CCN(CCc4ccccc4)CC3)c2c1)c1ccccc1.Cl. The van der Waals surface area contributed by atoms with Crippen molar-refractivity contribution in [1.82, 2.24) is 15.2 Å². The highest BCUT2D eigenvalue weighted by atomic mass is 35.5. The molecule has 6 heteroatoms. The molecule has 1 unspecified atom stereocenters. The van der Waals surface area contributed by atoms with Gasteiger partial charge in [-0.15, -0.1) is 12.4 Å². The molecule has 1 aliphatic rings. The number of benzene rings is 3. The number of likely N-dealkylation sites (tertiary alicyclic amines) is 1. The van der Waals surface area contributed by atoms with Crippen molar-refractivity contribution >= 4 is 29.2 Å². The number of carbonyl (C=O) groups excluding carboxylic acids is 1. The van der Waals surface area contributed by atoms with E-state index in [0.29, 0.717) is 12.0 Å². The number of hydrogen-bond donors (Lipinski definition) is 3. The molecule has 2 heterocycles. The number of H-pyrrole nitrogens is 1. The van der Waals surface area contributed by atoms with Crippen LogP contribution in [-0.2, 0) is 18.4 Å². The van der Waals surface area contributed by atoms with Crippen LogP contribution in [0.25, 0.3) is 10.9 Å². The summed E-state index contributed by atoms with van der Waals surface area (Å²) in [4.78, 5) is 18.9. The van der Waals surface area contributed by atoms with Gasteiger partial charge in [-0.1, -0.05) is 66.7 Å². The summed E-state index contributed by atoms with van der Waals surface area (Å²) in [5.74, 6) is -0.0315. The van der Waals surface area contributed by atoms with Crippen molar-refractivity contribution in [3.63, 3.8) is 0 Å². The van der Waals surface area contributed by atoms with Crippen LogP contribution in [0.3, 0.4) is 0 Å². The molecule has 37 heavy (non-hydrogen) atoms. The predicted octanol–water partition coefficient (Wildman–Crippen LogP) is 5.48. The Morgan fingerprint density at radius 2 is 1.68 bits per heavy atom. The van der Waals surface area contributed by atoms with E-state index in [9.17, 15) is 9.90 Å². The van der Waals surface area contributed by atoms with Gasteiger partial charge >= 0.3 is 0 Å². The molecule has 0 radical (unpaired) electrons. The molecule has 1 amide bonds. The Kier molecular flexibility index (Phi) is 8.70. The summed E-state index contributed by atoms with van der Waals surface area (Å²) in [6, 6.07) is 26.6. The molecule has 1 fully saturated rings. The molecular formula is C31H36ClN3O2. The lowest BCUT2D eigenvalue weighted by Crippen LogP contribution is -2.45. The first-order valence-corrected chi connectivity index (χ1v) is 12.9. The molecule has 1 aliphatic heterocycles. The molecule has 0 aliphatic carbocycles. The second kappa shape index (κ2) is 12.0. The van der Waals surface area contributed by atoms with Crippen molar-refractivity contribution in [2.45, 2.75) is 44.2 Å². The molecule has 3 aromatic carbocycles. The fourth-order valence-corrected chi connectivity index (χ4v) is 5.26. The third kappa shape index (κ3) is 6.61. The number of amides is 1. The number of halogens is 1. The van der Waals surface area contributed by atoms with E-state index < -0.39 is 5.60 Å². The largest absolute Gasteiger partial charge is 0.385 e. The fourth-order valence-electron chi connectivity index (χ4n) is 5.26. The van der Waals surface area contributed by atoms with Gasteiger partial charge in [-0.25, -0.2) is 0 Å². The normalized spacial score (nSPS) is 16.2. The molecule has 1 aromatic heterocycles. The first-order valence-electron chi connectivity index (χ1n) is 12.9. The molecule has 4 aromatic rings. The number of nitrogens with one attached hydrogen (secondary N) is 2. The van der Waals surface area contributed by atoms with Crippen LogP contribution in [0.1, 0.15) is 46.8 Å². The predicted molar refractivity (Wildman–Crippen MR) is 152 cm³/mol. The van der Waals surface area contributed by atoms with Crippen molar-refractivity contribution in [3.8, 4) is 0 Å². The quantitative estimate of drug-likeness (QED) is 0.290. The molecule has 0 spiro atoms. The minimum Gasteiger partial charge on any atom is -0.385 e. The summed E-state index contributed by atoms with van der Waals surface area (Å²) in [6.07, 6.45) is 5.27. The van der Waals surface area contributed by atoms with Crippen LogP contribution >= 0.6 is 12.4 Å². The van der Waals surface area contributed by atoms with Gasteiger partial charge in [0.25, 0.3) is 5.91 Å². The zero-order valence-electron chi connectivity index (χ0n) is 21.3. The summed E-state index contributed by atoms with van der Waals surface area (Å²) < 4.78 is 0. The Balaban J connectivity index is 0.00000320. The van der Waals surface area contributed by atoms with Gasteiger partial charge in [0, 0.05) is 49.2 Å². The number of fused-ring (bicyclic) bond motifs is 1. The molecule has 0 saturated carbocycles. The number of aromatic amines is 1. The monoisotopic (exact) mass is 517 g/mol. The van der Waals surface area contributed by atoms with Gasteiger partial charge in [0.2, 0.25) is 0 Å². The van der Waals surface area contributed by atoms with E-state index in [2.05, 4.69) is 45.5 Å². The van der Waals surface area contributed by atoms with E-state index in [1.807, 2.05) is 55.5 Å². The number of aliphatic hydroxyl groups is 1.